The van der Waals surface area contributed by atoms with Crippen molar-refractivity contribution in [3.63, 3.8) is 0 Å². The summed E-state index contributed by atoms with van der Waals surface area (Å²) >= 11 is 0. The van der Waals surface area contributed by atoms with E-state index in [1.165, 1.54) is 32.1 Å². The van der Waals surface area contributed by atoms with Crippen LogP contribution >= 0.6 is 0 Å². The highest BCUT2D eigenvalue weighted by molar-refractivity contribution is 5.94. The van der Waals surface area contributed by atoms with Crippen LogP contribution in [0.5, 0.6) is 0 Å². The minimum absolute atomic E-state index is 0.0269. The number of carbonyl (C=O) groups excluding carboxylic acids is 1. The van der Waals surface area contributed by atoms with Gasteiger partial charge in [-0.2, -0.15) is 0 Å². The first-order chi connectivity index (χ1) is 12.1. The van der Waals surface area contributed by atoms with Crippen LogP contribution in [0.2, 0.25) is 0 Å². The summed E-state index contributed by atoms with van der Waals surface area (Å²) in [7, 11) is 0. The first-order valence-corrected chi connectivity index (χ1v) is 9.77. The molecular weight excluding hydrogens is 310 g/mol. The van der Waals surface area contributed by atoms with Crippen LogP contribution in [0.25, 0.3) is 0 Å². The highest BCUT2D eigenvalue weighted by atomic mass is 16.3. The number of hydrogen-bond donors (Lipinski definition) is 2. The van der Waals surface area contributed by atoms with E-state index in [4.69, 9.17) is 0 Å². The third kappa shape index (κ3) is 6.92. The Morgan fingerprint density at radius 2 is 1.76 bits per heavy atom. The molecule has 1 amide bonds. The molecule has 1 saturated carbocycles. The van der Waals surface area contributed by atoms with E-state index in [1.54, 1.807) is 12.1 Å². The SMILES string of the molecule is CCCCCCCNC(=O)c1ccc(C#CC2(O)CCCCC2)cc1. The van der Waals surface area contributed by atoms with Gasteiger partial charge in [-0.15, -0.1) is 0 Å². The maximum atomic E-state index is 12.1. The summed E-state index contributed by atoms with van der Waals surface area (Å²) < 4.78 is 0. The smallest absolute Gasteiger partial charge is 0.251 e. The van der Waals surface area contributed by atoms with E-state index in [1.807, 2.05) is 12.1 Å². The minimum atomic E-state index is -0.827. The molecule has 0 radical (unpaired) electrons. The van der Waals surface area contributed by atoms with Crippen LogP contribution in [0.15, 0.2) is 24.3 Å². The molecule has 1 aliphatic carbocycles. The Morgan fingerprint density at radius 1 is 1.08 bits per heavy atom. The predicted octanol–water partition coefficient (Wildman–Crippen LogP) is 4.43. The van der Waals surface area contributed by atoms with E-state index in [2.05, 4.69) is 24.1 Å². The van der Waals surface area contributed by atoms with Gasteiger partial charge in [0.2, 0.25) is 0 Å². The summed E-state index contributed by atoms with van der Waals surface area (Å²) in [5.74, 6) is 6.06. The van der Waals surface area contributed by atoms with Gasteiger partial charge < -0.3 is 10.4 Å². The summed E-state index contributed by atoms with van der Waals surface area (Å²) in [6.07, 6.45) is 10.8. The highest BCUT2D eigenvalue weighted by Crippen LogP contribution is 2.27. The molecule has 0 saturated heterocycles. The Hall–Kier alpha value is -1.79. The van der Waals surface area contributed by atoms with Gasteiger partial charge >= 0.3 is 0 Å². The summed E-state index contributed by atoms with van der Waals surface area (Å²) in [6, 6.07) is 7.33. The Morgan fingerprint density at radius 3 is 2.44 bits per heavy atom. The van der Waals surface area contributed by atoms with Crippen LogP contribution < -0.4 is 5.32 Å². The van der Waals surface area contributed by atoms with Crippen LogP contribution in [0.3, 0.4) is 0 Å². The van der Waals surface area contributed by atoms with Gasteiger partial charge in [0.1, 0.15) is 5.60 Å². The van der Waals surface area contributed by atoms with E-state index in [0.717, 1.165) is 44.2 Å². The van der Waals surface area contributed by atoms with Crippen molar-refractivity contribution >= 4 is 5.91 Å². The topological polar surface area (TPSA) is 49.3 Å². The number of aliphatic hydroxyl groups is 1. The van der Waals surface area contributed by atoms with Gasteiger partial charge in [-0.05, 0) is 56.4 Å². The largest absolute Gasteiger partial charge is 0.378 e. The lowest BCUT2D eigenvalue weighted by atomic mass is 9.85. The molecule has 0 heterocycles. The van der Waals surface area contributed by atoms with Crippen molar-refractivity contribution in [3.8, 4) is 11.8 Å². The van der Waals surface area contributed by atoms with Gasteiger partial charge in [-0.1, -0.05) is 50.9 Å². The number of nitrogens with one attached hydrogen (secondary N) is 1. The average molecular weight is 341 g/mol. The molecule has 1 fully saturated rings. The molecule has 136 valence electrons. The molecule has 1 aromatic carbocycles. The van der Waals surface area contributed by atoms with Gasteiger partial charge in [-0.3, -0.25) is 4.79 Å². The molecule has 2 rings (SSSR count). The first kappa shape index (κ1) is 19.5. The van der Waals surface area contributed by atoms with Crippen LogP contribution in [0.4, 0.5) is 0 Å². The van der Waals surface area contributed by atoms with Crippen molar-refractivity contribution in [1.29, 1.82) is 0 Å². The second-order valence-corrected chi connectivity index (χ2v) is 7.09. The molecule has 0 aromatic heterocycles. The summed E-state index contributed by atoms with van der Waals surface area (Å²) in [6.45, 7) is 2.93. The molecule has 0 unspecified atom stereocenters. The second-order valence-electron chi connectivity index (χ2n) is 7.09. The molecule has 0 bridgehead atoms. The molecule has 25 heavy (non-hydrogen) atoms. The normalized spacial score (nSPS) is 15.9. The molecule has 2 N–H and O–H groups in total. The summed E-state index contributed by atoms with van der Waals surface area (Å²) in [4.78, 5) is 12.1. The zero-order valence-corrected chi connectivity index (χ0v) is 15.4. The van der Waals surface area contributed by atoms with E-state index in [9.17, 15) is 9.90 Å². The lowest BCUT2D eigenvalue weighted by Crippen LogP contribution is -2.29. The molecule has 1 aliphatic rings. The summed E-state index contributed by atoms with van der Waals surface area (Å²) in [5, 5.41) is 13.4. The Balaban J connectivity index is 1.80. The number of hydrogen-bond acceptors (Lipinski definition) is 2. The standard InChI is InChI=1S/C22H31NO2/c1-2-3-4-5-9-18-23-21(24)20-12-10-19(11-13-20)14-17-22(25)15-7-6-8-16-22/h10-13,25H,2-9,15-16,18H2,1H3,(H,23,24). The fourth-order valence-corrected chi connectivity index (χ4v) is 3.19. The second kappa shape index (κ2) is 10.3. The van der Waals surface area contributed by atoms with Crippen molar-refractivity contribution in [2.75, 3.05) is 6.54 Å². The van der Waals surface area contributed by atoms with Gasteiger partial charge in [0.25, 0.3) is 5.91 Å². The molecule has 1 aromatic rings. The number of rotatable bonds is 7. The van der Waals surface area contributed by atoms with E-state index >= 15 is 0 Å². The van der Waals surface area contributed by atoms with Gasteiger partial charge in [-0.25, -0.2) is 0 Å². The fourth-order valence-electron chi connectivity index (χ4n) is 3.19. The van der Waals surface area contributed by atoms with Crippen LogP contribution in [0.1, 0.15) is 87.1 Å². The molecular formula is C22H31NO2. The predicted molar refractivity (Wildman–Crippen MR) is 102 cm³/mol. The van der Waals surface area contributed by atoms with Gasteiger partial charge in [0.05, 0.1) is 0 Å². The van der Waals surface area contributed by atoms with Crippen LogP contribution in [0, 0.1) is 11.8 Å². The monoisotopic (exact) mass is 341 g/mol. The quantitative estimate of drug-likeness (QED) is 0.569. The molecule has 0 aliphatic heterocycles. The fraction of sp³-hybridized carbons (Fsp3) is 0.591. The van der Waals surface area contributed by atoms with Crippen LogP contribution in [-0.2, 0) is 0 Å². The van der Waals surface area contributed by atoms with E-state index in [0.29, 0.717) is 5.56 Å². The minimum Gasteiger partial charge on any atom is -0.378 e. The van der Waals surface area contributed by atoms with E-state index in [-0.39, 0.29) is 5.91 Å². The van der Waals surface area contributed by atoms with Crippen molar-refractivity contribution in [1.82, 2.24) is 5.32 Å². The Labute approximate surface area is 152 Å². The highest BCUT2D eigenvalue weighted by Gasteiger charge is 2.26. The number of amides is 1. The zero-order chi connectivity index (χ0) is 18.0. The van der Waals surface area contributed by atoms with E-state index < -0.39 is 5.60 Å². The third-order valence-corrected chi connectivity index (χ3v) is 4.83. The van der Waals surface area contributed by atoms with Crippen molar-refractivity contribution in [2.24, 2.45) is 0 Å². The molecule has 0 atom stereocenters. The molecule has 3 heteroatoms. The van der Waals surface area contributed by atoms with Crippen molar-refractivity contribution < 1.29 is 9.90 Å². The Bertz CT molecular complexity index is 589. The lowest BCUT2D eigenvalue weighted by Gasteiger charge is -2.26. The maximum Gasteiger partial charge on any atom is 0.251 e. The first-order valence-electron chi connectivity index (χ1n) is 9.77. The number of carbonyl (C=O) groups is 1. The van der Waals surface area contributed by atoms with Crippen molar-refractivity contribution in [3.05, 3.63) is 35.4 Å². The Kier molecular flexibility index (Phi) is 8.01. The maximum absolute atomic E-state index is 12.1. The van der Waals surface area contributed by atoms with Crippen molar-refractivity contribution in [2.45, 2.75) is 76.7 Å². The van der Waals surface area contributed by atoms with Gasteiger partial charge in [0.15, 0.2) is 0 Å². The number of unbranched alkanes of at least 4 members (excludes halogenated alkanes) is 4. The van der Waals surface area contributed by atoms with Crippen LogP contribution in [-0.4, -0.2) is 23.2 Å². The number of benzene rings is 1. The average Bonchev–Trinajstić information content (AvgIpc) is 2.64. The molecule has 3 nitrogen and oxygen atoms in total. The lowest BCUT2D eigenvalue weighted by molar-refractivity contribution is 0.0610. The molecule has 0 spiro atoms. The summed E-state index contributed by atoms with van der Waals surface area (Å²) in [5.41, 5.74) is 0.678. The van der Waals surface area contributed by atoms with Gasteiger partial charge in [0, 0.05) is 17.7 Å². The zero-order valence-electron chi connectivity index (χ0n) is 15.4. The third-order valence-electron chi connectivity index (χ3n) is 4.83.